The number of benzene rings is 3. The van der Waals surface area contributed by atoms with E-state index in [1.54, 1.807) is 24.3 Å². The van der Waals surface area contributed by atoms with Crippen molar-refractivity contribution >= 4 is 17.8 Å². The van der Waals surface area contributed by atoms with Crippen LogP contribution in [0.25, 0.3) is 0 Å². The normalized spacial score (nSPS) is 10.6. The summed E-state index contributed by atoms with van der Waals surface area (Å²) in [6.07, 6.45) is 1.35. The Morgan fingerprint density at radius 2 is 1.79 bits per heavy atom. The Balaban J connectivity index is 1.54. The molecule has 0 fully saturated rings. The van der Waals surface area contributed by atoms with Gasteiger partial charge in [-0.3, -0.25) is 14.9 Å². The topological polar surface area (TPSA) is 93.8 Å². The number of nitro benzene ring substituents is 1. The highest BCUT2D eigenvalue weighted by Crippen LogP contribution is 2.13. The van der Waals surface area contributed by atoms with Crippen LogP contribution in [-0.2, 0) is 6.61 Å². The van der Waals surface area contributed by atoms with E-state index < -0.39 is 4.92 Å². The van der Waals surface area contributed by atoms with E-state index in [0.29, 0.717) is 17.7 Å². The van der Waals surface area contributed by atoms with E-state index in [9.17, 15) is 14.9 Å². The van der Waals surface area contributed by atoms with Crippen molar-refractivity contribution in [2.24, 2.45) is 5.10 Å². The van der Waals surface area contributed by atoms with E-state index in [4.69, 9.17) is 4.74 Å². The number of ether oxygens (including phenoxy) is 1. The quantitative estimate of drug-likeness (QED) is 0.384. The fourth-order valence-electron chi connectivity index (χ4n) is 2.38. The summed E-state index contributed by atoms with van der Waals surface area (Å²) in [6, 6.07) is 22.4. The maximum absolute atomic E-state index is 12.1. The summed E-state index contributed by atoms with van der Waals surface area (Å²) in [7, 11) is 0. The fraction of sp³-hybridized carbons (Fsp3) is 0.0476. The molecule has 0 atom stereocenters. The molecule has 0 heterocycles. The maximum Gasteiger partial charge on any atom is 0.271 e. The smallest absolute Gasteiger partial charge is 0.271 e. The minimum absolute atomic E-state index is 0.0383. The monoisotopic (exact) mass is 375 g/mol. The van der Waals surface area contributed by atoms with Crippen molar-refractivity contribution in [3.05, 3.63) is 106 Å². The third-order valence-electron chi connectivity index (χ3n) is 3.83. The zero-order valence-corrected chi connectivity index (χ0v) is 14.8. The van der Waals surface area contributed by atoms with Crippen molar-refractivity contribution in [3.8, 4) is 5.75 Å². The van der Waals surface area contributed by atoms with Crippen LogP contribution in [0.2, 0.25) is 0 Å². The van der Waals surface area contributed by atoms with Gasteiger partial charge in [-0.25, -0.2) is 5.43 Å². The van der Waals surface area contributed by atoms with Crippen molar-refractivity contribution in [2.75, 3.05) is 0 Å². The number of hydrogen-bond donors (Lipinski definition) is 1. The number of nitrogens with one attached hydrogen (secondary N) is 1. The van der Waals surface area contributed by atoms with Gasteiger partial charge in [0.1, 0.15) is 12.4 Å². The Bertz CT molecular complexity index is 986. The van der Waals surface area contributed by atoms with Gasteiger partial charge in [0.2, 0.25) is 0 Å². The van der Waals surface area contributed by atoms with Gasteiger partial charge in [0.25, 0.3) is 11.6 Å². The molecule has 28 heavy (non-hydrogen) atoms. The fourth-order valence-corrected chi connectivity index (χ4v) is 2.38. The first-order valence-electron chi connectivity index (χ1n) is 8.46. The lowest BCUT2D eigenvalue weighted by molar-refractivity contribution is -0.384. The summed E-state index contributed by atoms with van der Waals surface area (Å²) in [5, 5.41) is 14.6. The Hall–Kier alpha value is -4.00. The van der Waals surface area contributed by atoms with Crippen molar-refractivity contribution in [3.63, 3.8) is 0 Å². The van der Waals surface area contributed by atoms with E-state index in [-0.39, 0.29) is 11.6 Å². The van der Waals surface area contributed by atoms with Crippen molar-refractivity contribution in [2.45, 2.75) is 6.61 Å². The van der Waals surface area contributed by atoms with Gasteiger partial charge in [-0.1, -0.05) is 42.5 Å². The molecule has 0 aromatic heterocycles. The molecule has 3 aromatic carbocycles. The number of hydrogen-bond acceptors (Lipinski definition) is 5. The van der Waals surface area contributed by atoms with E-state index in [2.05, 4.69) is 10.5 Å². The number of nitrogens with zero attached hydrogens (tertiary/aromatic N) is 2. The number of rotatable bonds is 7. The Kier molecular flexibility index (Phi) is 6.10. The van der Waals surface area contributed by atoms with Gasteiger partial charge in [-0.05, 0) is 29.8 Å². The van der Waals surface area contributed by atoms with Gasteiger partial charge in [-0.15, -0.1) is 0 Å². The Morgan fingerprint density at radius 3 is 2.50 bits per heavy atom. The lowest BCUT2D eigenvalue weighted by Crippen LogP contribution is -2.17. The van der Waals surface area contributed by atoms with E-state index >= 15 is 0 Å². The molecule has 3 aromatic rings. The van der Waals surface area contributed by atoms with Gasteiger partial charge in [0.05, 0.1) is 11.1 Å². The molecular formula is C21H17N3O4. The molecule has 0 aliphatic heterocycles. The molecule has 140 valence electrons. The number of non-ortho nitro benzene ring substituents is 1. The van der Waals surface area contributed by atoms with Gasteiger partial charge in [0, 0.05) is 23.3 Å². The minimum atomic E-state index is -0.487. The number of carbonyl (C=O) groups excluding carboxylic acids is 1. The average molecular weight is 375 g/mol. The number of hydrazone groups is 1. The lowest BCUT2D eigenvalue weighted by atomic mass is 10.1. The predicted octanol–water partition coefficient (Wildman–Crippen LogP) is 3.94. The van der Waals surface area contributed by atoms with Crippen LogP contribution in [0.4, 0.5) is 5.69 Å². The molecule has 0 spiro atoms. The maximum atomic E-state index is 12.1. The van der Waals surface area contributed by atoms with Gasteiger partial charge < -0.3 is 4.74 Å². The highest BCUT2D eigenvalue weighted by atomic mass is 16.6. The molecule has 0 saturated carbocycles. The van der Waals surface area contributed by atoms with Crippen LogP contribution in [0.5, 0.6) is 5.75 Å². The largest absolute Gasteiger partial charge is 0.489 e. The summed E-state index contributed by atoms with van der Waals surface area (Å²) in [5.74, 6) is 0.400. The molecule has 0 radical (unpaired) electrons. The zero-order valence-electron chi connectivity index (χ0n) is 14.8. The summed E-state index contributed by atoms with van der Waals surface area (Å²) >= 11 is 0. The minimum Gasteiger partial charge on any atom is -0.489 e. The van der Waals surface area contributed by atoms with E-state index in [1.165, 1.54) is 18.3 Å². The van der Waals surface area contributed by atoms with Crippen LogP contribution < -0.4 is 10.2 Å². The third kappa shape index (κ3) is 5.25. The van der Waals surface area contributed by atoms with E-state index in [0.717, 1.165) is 11.3 Å². The predicted molar refractivity (Wildman–Crippen MR) is 105 cm³/mol. The molecule has 0 unspecified atom stereocenters. The molecule has 7 nitrogen and oxygen atoms in total. The molecule has 0 saturated heterocycles. The second-order valence-electron chi connectivity index (χ2n) is 5.85. The van der Waals surface area contributed by atoms with Crippen molar-refractivity contribution < 1.29 is 14.5 Å². The zero-order chi connectivity index (χ0) is 19.8. The SMILES string of the molecule is O=C(N/N=C\c1cccc([N+](=O)[O-])c1)c1ccc(COc2ccccc2)cc1. The Morgan fingerprint density at radius 1 is 1.04 bits per heavy atom. The molecule has 7 heteroatoms. The molecule has 3 rings (SSSR count). The summed E-state index contributed by atoms with van der Waals surface area (Å²) in [5.41, 5.74) is 4.26. The number of nitro groups is 1. The first-order valence-corrected chi connectivity index (χ1v) is 8.46. The second-order valence-corrected chi connectivity index (χ2v) is 5.85. The highest BCUT2D eigenvalue weighted by Gasteiger charge is 2.06. The number of amides is 1. The lowest BCUT2D eigenvalue weighted by Gasteiger charge is -2.06. The molecule has 1 N–H and O–H groups in total. The molecule has 1 amide bonds. The average Bonchev–Trinajstić information content (AvgIpc) is 2.73. The first kappa shape index (κ1) is 18.8. The summed E-state index contributed by atoms with van der Waals surface area (Å²) in [4.78, 5) is 22.4. The second kappa shape index (κ2) is 9.09. The van der Waals surface area contributed by atoms with Crippen LogP contribution in [0.1, 0.15) is 21.5 Å². The molecule has 0 aliphatic rings. The number of carbonyl (C=O) groups is 1. The molecule has 0 bridgehead atoms. The summed E-state index contributed by atoms with van der Waals surface area (Å²) < 4.78 is 5.66. The number of para-hydroxylation sites is 1. The van der Waals surface area contributed by atoms with Crippen LogP contribution >= 0.6 is 0 Å². The standard InChI is InChI=1S/C21H17N3O4/c25-21(23-22-14-17-5-4-6-19(13-17)24(26)27)18-11-9-16(10-12-18)15-28-20-7-2-1-3-8-20/h1-14H,15H2,(H,23,25)/b22-14-. The van der Waals surface area contributed by atoms with Gasteiger partial charge >= 0.3 is 0 Å². The van der Waals surface area contributed by atoms with E-state index in [1.807, 2.05) is 42.5 Å². The third-order valence-corrected chi connectivity index (χ3v) is 3.83. The molecular weight excluding hydrogens is 358 g/mol. The van der Waals surface area contributed by atoms with Crippen LogP contribution in [-0.4, -0.2) is 17.0 Å². The van der Waals surface area contributed by atoms with Crippen molar-refractivity contribution in [1.82, 2.24) is 5.43 Å². The van der Waals surface area contributed by atoms with Crippen LogP contribution in [0.3, 0.4) is 0 Å². The highest BCUT2D eigenvalue weighted by molar-refractivity contribution is 5.94. The van der Waals surface area contributed by atoms with Crippen LogP contribution in [0.15, 0.2) is 84.0 Å². The van der Waals surface area contributed by atoms with Crippen molar-refractivity contribution in [1.29, 1.82) is 0 Å². The van der Waals surface area contributed by atoms with Crippen LogP contribution in [0, 0.1) is 10.1 Å². The first-order chi connectivity index (χ1) is 13.6. The molecule has 0 aliphatic carbocycles. The van der Waals surface area contributed by atoms with Gasteiger partial charge in [0.15, 0.2) is 0 Å². The Labute approximate surface area is 161 Å². The van der Waals surface area contributed by atoms with Gasteiger partial charge in [-0.2, -0.15) is 5.10 Å². The summed E-state index contributed by atoms with van der Waals surface area (Å²) in [6.45, 7) is 0.400.